The third-order valence-electron chi connectivity index (χ3n) is 3.42. The maximum absolute atomic E-state index is 13.2. The van der Waals surface area contributed by atoms with Crippen molar-refractivity contribution in [2.75, 3.05) is 0 Å². The molecular formula is C17H12FNO2. The van der Waals surface area contributed by atoms with Crippen LogP contribution >= 0.6 is 0 Å². The molecule has 0 saturated heterocycles. The third kappa shape index (κ3) is 2.60. The van der Waals surface area contributed by atoms with E-state index < -0.39 is 11.8 Å². The molecular weight excluding hydrogens is 269 g/mol. The normalized spacial score (nSPS) is 10.7. The molecule has 0 amide bonds. The Kier molecular flexibility index (Phi) is 3.36. The molecule has 0 bridgehead atoms. The van der Waals surface area contributed by atoms with Crippen LogP contribution in [0.3, 0.4) is 0 Å². The average Bonchev–Trinajstić information content (AvgIpc) is 2.49. The highest BCUT2D eigenvalue weighted by atomic mass is 19.1. The summed E-state index contributed by atoms with van der Waals surface area (Å²) in [7, 11) is 0. The van der Waals surface area contributed by atoms with Crippen LogP contribution in [-0.4, -0.2) is 16.1 Å². The molecule has 4 heteroatoms. The van der Waals surface area contributed by atoms with E-state index in [0.717, 1.165) is 22.5 Å². The predicted octanol–water partition coefficient (Wildman–Crippen LogP) is 3.66. The Morgan fingerprint density at radius 3 is 2.71 bits per heavy atom. The number of hydrogen-bond acceptors (Lipinski definition) is 2. The number of aromatic carboxylic acids is 1. The van der Waals surface area contributed by atoms with Gasteiger partial charge in [-0.15, -0.1) is 0 Å². The molecule has 0 fully saturated rings. The van der Waals surface area contributed by atoms with Crippen molar-refractivity contribution in [1.82, 2.24) is 4.98 Å². The smallest absolute Gasteiger partial charge is 0.336 e. The van der Waals surface area contributed by atoms with Crippen molar-refractivity contribution < 1.29 is 14.3 Å². The predicted molar refractivity (Wildman–Crippen MR) is 77.9 cm³/mol. The molecule has 0 radical (unpaired) electrons. The molecule has 0 aliphatic carbocycles. The summed E-state index contributed by atoms with van der Waals surface area (Å²) in [5.74, 6) is -1.67. The molecule has 1 heterocycles. The highest BCUT2D eigenvalue weighted by Crippen LogP contribution is 2.22. The van der Waals surface area contributed by atoms with Gasteiger partial charge in [0.2, 0.25) is 0 Å². The highest BCUT2D eigenvalue weighted by Gasteiger charge is 2.13. The number of rotatable bonds is 3. The van der Waals surface area contributed by atoms with Crippen molar-refractivity contribution in [2.45, 2.75) is 6.42 Å². The number of carboxylic acid groups (broad SMARTS) is 1. The molecule has 1 N–H and O–H groups in total. The molecule has 1 aromatic heterocycles. The van der Waals surface area contributed by atoms with Crippen LogP contribution in [0.15, 0.2) is 54.7 Å². The summed E-state index contributed by atoms with van der Waals surface area (Å²) in [4.78, 5) is 15.5. The van der Waals surface area contributed by atoms with E-state index in [0.29, 0.717) is 12.0 Å². The van der Waals surface area contributed by atoms with Crippen LogP contribution in [0, 0.1) is 5.82 Å². The lowest BCUT2D eigenvalue weighted by Crippen LogP contribution is -2.04. The van der Waals surface area contributed by atoms with Gasteiger partial charge in [0.05, 0.1) is 11.1 Å². The highest BCUT2D eigenvalue weighted by molar-refractivity contribution is 5.90. The quantitative estimate of drug-likeness (QED) is 0.797. The third-order valence-corrected chi connectivity index (χ3v) is 3.42. The Morgan fingerprint density at radius 2 is 1.90 bits per heavy atom. The first-order chi connectivity index (χ1) is 10.1. The summed E-state index contributed by atoms with van der Waals surface area (Å²) in [5.41, 5.74) is 2.40. The van der Waals surface area contributed by atoms with Crippen LogP contribution in [-0.2, 0) is 6.42 Å². The van der Waals surface area contributed by atoms with Gasteiger partial charge in [0.25, 0.3) is 0 Å². The maximum Gasteiger partial charge on any atom is 0.336 e. The fourth-order valence-electron chi connectivity index (χ4n) is 2.42. The molecule has 104 valence electrons. The topological polar surface area (TPSA) is 50.2 Å². The first-order valence-electron chi connectivity index (χ1n) is 6.49. The van der Waals surface area contributed by atoms with Crippen molar-refractivity contribution in [2.24, 2.45) is 0 Å². The summed E-state index contributed by atoms with van der Waals surface area (Å²) >= 11 is 0. The van der Waals surface area contributed by atoms with Crippen LogP contribution in [0.2, 0.25) is 0 Å². The fourth-order valence-corrected chi connectivity index (χ4v) is 2.42. The number of pyridine rings is 1. The van der Waals surface area contributed by atoms with Crippen LogP contribution in [0.4, 0.5) is 4.39 Å². The van der Waals surface area contributed by atoms with Gasteiger partial charge in [-0.2, -0.15) is 0 Å². The van der Waals surface area contributed by atoms with Crippen LogP contribution in [0.5, 0.6) is 0 Å². The van der Waals surface area contributed by atoms with Gasteiger partial charge in [0.1, 0.15) is 5.82 Å². The number of hydrogen-bond donors (Lipinski definition) is 1. The van der Waals surface area contributed by atoms with Crippen LogP contribution in [0.1, 0.15) is 21.5 Å². The van der Waals surface area contributed by atoms with Crippen LogP contribution in [0.25, 0.3) is 10.9 Å². The van der Waals surface area contributed by atoms with Gasteiger partial charge in [0, 0.05) is 11.6 Å². The van der Waals surface area contributed by atoms with E-state index in [9.17, 15) is 14.3 Å². The molecule has 0 saturated carbocycles. The SMILES string of the molecule is O=C(O)c1cc(F)ccc1Cc1ccnc2ccccc12. The molecule has 3 rings (SSSR count). The molecule has 0 spiro atoms. The van der Waals surface area contributed by atoms with E-state index >= 15 is 0 Å². The second-order valence-electron chi connectivity index (χ2n) is 4.77. The zero-order valence-corrected chi connectivity index (χ0v) is 11.1. The number of aromatic nitrogens is 1. The Hall–Kier alpha value is -2.75. The van der Waals surface area contributed by atoms with E-state index in [1.165, 1.54) is 12.1 Å². The van der Waals surface area contributed by atoms with Crippen molar-refractivity contribution in [1.29, 1.82) is 0 Å². The summed E-state index contributed by atoms with van der Waals surface area (Å²) in [5, 5.41) is 10.2. The Balaban J connectivity index is 2.09. The molecule has 0 aliphatic heterocycles. The van der Waals surface area contributed by atoms with E-state index in [4.69, 9.17) is 0 Å². The van der Waals surface area contributed by atoms with E-state index in [-0.39, 0.29) is 5.56 Å². The summed E-state index contributed by atoms with van der Waals surface area (Å²) in [6, 6.07) is 13.4. The minimum absolute atomic E-state index is 0.00380. The number of para-hydroxylation sites is 1. The number of benzene rings is 2. The first kappa shape index (κ1) is 13.2. The van der Waals surface area contributed by atoms with Gasteiger partial charge in [0.15, 0.2) is 0 Å². The average molecular weight is 281 g/mol. The van der Waals surface area contributed by atoms with Crippen molar-refractivity contribution in [3.63, 3.8) is 0 Å². The molecule has 0 aliphatic rings. The summed E-state index contributed by atoms with van der Waals surface area (Å²) in [6.07, 6.45) is 2.12. The van der Waals surface area contributed by atoms with Gasteiger partial charge in [-0.3, -0.25) is 4.98 Å². The minimum atomic E-state index is -1.12. The minimum Gasteiger partial charge on any atom is -0.478 e. The molecule has 2 aromatic carbocycles. The Morgan fingerprint density at radius 1 is 1.10 bits per heavy atom. The fraction of sp³-hybridized carbons (Fsp3) is 0.0588. The Bertz CT molecular complexity index is 825. The lowest BCUT2D eigenvalue weighted by atomic mass is 9.97. The van der Waals surface area contributed by atoms with Gasteiger partial charge >= 0.3 is 5.97 Å². The molecule has 3 nitrogen and oxygen atoms in total. The van der Waals surface area contributed by atoms with Crippen molar-refractivity contribution in [3.8, 4) is 0 Å². The van der Waals surface area contributed by atoms with Gasteiger partial charge < -0.3 is 5.11 Å². The number of nitrogens with zero attached hydrogens (tertiary/aromatic N) is 1. The van der Waals surface area contributed by atoms with E-state index in [2.05, 4.69) is 4.98 Å². The summed E-state index contributed by atoms with van der Waals surface area (Å²) in [6.45, 7) is 0. The van der Waals surface area contributed by atoms with Crippen LogP contribution < -0.4 is 0 Å². The maximum atomic E-state index is 13.2. The number of fused-ring (bicyclic) bond motifs is 1. The zero-order valence-electron chi connectivity index (χ0n) is 11.1. The molecule has 21 heavy (non-hydrogen) atoms. The molecule has 0 atom stereocenters. The van der Waals surface area contributed by atoms with E-state index in [1.807, 2.05) is 30.3 Å². The zero-order chi connectivity index (χ0) is 14.8. The number of carbonyl (C=O) groups is 1. The number of halogens is 1. The van der Waals surface area contributed by atoms with Crippen molar-refractivity contribution >= 4 is 16.9 Å². The number of carboxylic acids is 1. The van der Waals surface area contributed by atoms with Gasteiger partial charge in [-0.1, -0.05) is 24.3 Å². The first-order valence-corrected chi connectivity index (χ1v) is 6.49. The lowest BCUT2D eigenvalue weighted by molar-refractivity contribution is 0.0695. The molecule has 3 aromatic rings. The molecule has 0 unspecified atom stereocenters. The van der Waals surface area contributed by atoms with Crippen molar-refractivity contribution in [3.05, 3.63) is 77.2 Å². The summed E-state index contributed by atoms with van der Waals surface area (Å²) < 4.78 is 13.2. The standard InChI is InChI=1S/C17H12FNO2/c18-13-6-5-11(15(10-13)17(20)21)9-12-7-8-19-16-4-2-1-3-14(12)16/h1-8,10H,9H2,(H,20,21). The Labute approximate surface area is 120 Å². The second kappa shape index (κ2) is 5.32. The largest absolute Gasteiger partial charge is 0.478 e. The van der Waals surface area contributed by atoms with Gasteiger partial charge in [-0.25, -0.2) is 9.18 Å². The van der Waals surface area contributed by atoms with E-state index in [1.54, 1.807) is 6.20 Å². The second-order valence-corrected chi connectivity index (χ2v) is 4.77. The van der Waals surface area contributed by atoms with Gasteiger partial charge in [-0.05, 0) is 41.8 Å². The lowest BCUT2D eigenvalue weighted by Gasteiger charge is -2.09. The monoisotopic (exact) mass is 281 g/mol.